The minimum Gasteiger partial charge on any atom is -0.394 e. The van der Waals surface area contributed by atoms with Crippen LogP contribution in [0.3, 0.4) is 0 Å². The number of hydrogen-bond acceptors (Lipinski definition) is 26. The molecule has 4 aliphatic carbocycles. The first-order valence-electron chi connectivity index (χ1n) is 29.8. The van der Waals surface area contributed by atoms with Crippen molar-refractivity contribution in [2.24, 2.45) is 46.3 Å². The Labute approximate surface area is 476 Å². The Balaban J connectivity index is 0.781. The molecule has 7 heterocycles. The van der Waals surface area contributed by atoms with Crippen molar-refractivity contribution in [3.8, 4) is 0 Å². The molecule has 11 rings (SSSR count). The van der Waals surface area contributed by atoms with Crippen molar-refractivity contribution >= 4 is 0 Å². The third kappa shape index (κ3) is 10.8. The average Bonchev–Trinajstić information content (AvgIpc) is 1.73. The molecule has 26 nitrogen and oxygen atoms in total. The van der Waals surface area contributed by atoms with Crippen molar-refractivity contribution in [2.75, 3.05) is 33.0 Å². The van der Waals surface area contributed by atoms with E-state index >= 15 is 0 Å². The molecule has 35 atom stereocenters. The van der Waals surface area contributed by atoms with Crippen LogP contribution >= 0.6 is 0 Å². The van der Waals surface area contributed by atoms with Crippen molar-refractivity contribution in [1.29, 1.82) is 0 Å². The lowest BCUT2D eigenvalue weighted by Crippen LogP contribution is -2.69. The zero-order valence-corrected chi connectivity index (χ0v) is 47.1. The first kappa shape index (κ1) is 62.3. The summed E-state index contributed by atoms with van der Waals surface area (Å²) in [5.41, 5.74) is 1.37. The maximum Gasteiger partial charge on any atom is 0.187 e. The Morgan fingerprint density at radius 2 is 1.12 bits per heavy atom. The molecule has 11 aliphatic rings. The second kappa shape index (κ2) is 24.2. The van der Waals surface area contributed by atoms with Crippen molar-refractivity contribution < 1.29 is 128 Å². The van der Waals surface area contributed by atoms with Gasteiger partial charge in [-0.05, 0) is 98.7 Å². The number of aliphatic hydroxyl groups is 14. The van der Waals surface area contributed by atoms with E-state index in [-0.39, 0.29) is 16.9 Å². The highest BCUT2D eigenvalue weighted by Crippen LogP contribution is 2.71. The van der Waals surface area contributed by atoms with Gasteiger partial charge in [0.15, 0.2) is 37.2 Å². The fourth-order valence-electron chi connectivity index (χ4n) is 16.7. The summed E-state index contributed by atoms with van der Waals surface area (Å²) in [6.07, 6.45) is -31.8. The van der Waals surface area contributed by atoms with Crippen LogP contribution in [0.2, 0.25) is 0 Å². The van der Waals surface area contributed by atoms with E-state index in [1.165, 1.54) is 12.5 Å². The standard InChI is InChI=1S/C56H90O26/c1-21-8-13-56(72-19-21)22(2)34-30(82-56)15-28-26-7-6-24-14-25(9-11-54(24,4)27(26)10-12-55(28,34)5)74-51-43(69)39(65)46(33(18-59)76-51)79-53-48(47(37(63)31(16-57)75-53)80-49-41(67)36(62)29(60)20-71-49)81-52-44(70)40(66)45(32(17-58)77-52)78-50-42(68)38(64)35(61)23(3)73-50/h6,21-23,25-53,57-70H,7-20H2,1-5H3/t21-,22+,23+,25+,26?,27?,28?,29-,30?,31+,32+,33+,34?,35+,36+,37+,38-,39+,40+,41-,42-,43+,44+,45+,46-,47-,48+,49+,50+,51+,52-,53-,54+,55+,56-/m1/s1. The van der Waals surface area contributed by atoms with Crippen LogP contribution in [0.15, 0.2) is 11.6 Å². The number of rotatable bonds is 13. The number of fused-ring (bicyclic) bond motifs is 7. The fraction of sp³-hybridized carbons (Fsp3) is 0.964. The first-order chi connectivity index (χ1) is 39.0. The summed E-state index contributed by atoms with van der Waals surface area (Å²) in [5, 5.41) is 153. The van der Waals surface area contributed by atoms with Crippen LogP contribution < -0.4 is 0 Å². The number of hydrogen-bond donors (Lipinski definition) is 14. The number of allylic oxidation sites excluding steroid dienone is 1. The maximum absolute atomic E-state index is 12.0. The quantitative estimate of drug-likeness (QED) is 0.0796. The van der Waals surface area contributed by atoms with Gasteiger partial charge in [-0.2, -0.15) is 0 Å². The summed E-state index contributed by atoms with van der Waals surface area (Å²) in [6.45, 7) is 8.38. The minimum atomic E-state index is -2.14. The zero-order valence-electron chi connectivity index (χ0n) is 47.1. The van der Waals surface area contributed by atoms with Gasteiger partial charge in [-0.25, -0.2) is 0 Å². The largest absolute Gasteiger partial charge is 0.394 e. The van der Waals surface area contributed by atoms with Gasteiger partial charge in [-0.3, -0.25) is 0 Å². The third-order valence-electron chi connectivity index (χ3n) is 21.5. The summed E-state index contributed by atoms with van der Waals surface area (Å²) in [4.78, 5) is 0. The van der Waals surface area contributed by atoms with E-state index in [1.54, 1.807) is 0 Å². The molecule has 0 bridgehead atoms. The predicted octanol–water partition coefficient (Wildman–Crippen LogP) is -3.50. The molecule has 10 fully saturated rings. The summed E-state index contributed by atoms with van der Waals surface area (Å²) >= 11 is 0. The molecular formula is C56H90O26. The topological polar surface area (TPSA) is 394 Å². The molecule has 0 aromatic carbocycles. The van der Waals surface area contributed by atoms with Gasteiger partial charge in [0, 0.05) is 12.3 Å². The summed E-state index contributed by atoms with van der Waals surface area (Å²) in [6, 6.07) is 0. The molecule has 3 saturated carbocycles. The molecule has 5 unspecified atom stereocenters. The Hall–Kier alpha value is -1.30. The summed E-state index contributed by atoms with van der Waals surface area (Å²) in [5.74, 6) is 2.32. The van der Waals surface area contributed by atoms with Gasteiger partial charge in [0.05, 0.1) is 51.3 Å². The SMILES string of the molecule is C[C@@H]1CC[C@@]2(OC1)OC1CC3C4CC=C5C[C@@H](O[C@H]6O[C@@H](CO)[C@@H](O[C@H]7O[C@@H](CO)[C@H](O)[C@@H](O[C@@H]8OC[C@@H](O)[C@H](O)[C@H]8O)[C@@H]7O[C@H]7O[C@@H](CO)[C@H](O[C@@H]8O[C@@H](C)[C@H](O)[C@@H](O)[C@H]8O)[C@@H](O)[C@@H]7O)[C@@H](O)[C@@H]6O)CC[C@]5(C)C4CC[C@]3(C)C1[C@@H]2C. The average molecular weight is 1180 g/mol. The van der Waals surface area contributed by atoms with Crippen LogP contribution in [0, 0.1) is 46.3 Å². The Morgan fingerprint density at radius 1 is 0.537 bits per heavy atom. The highest BCUT2D eigenvalue weighted by atomic mass is 16.8. The number of ether oxygens (including phenoxy) is 12. The molecular weight excluding hydrogens is 1090 g/mol. The molecule has 470 valence electrons. The second-order valence-electron chi connectivity index (χ2n) is 26.2. The van der Waals surface area contributed by atoms with Crippen LogP contribution in [0.4, 0.5) is 0 Å². The van der Waals surface area contributed by atoms with Gasteiger partial charge >= 0.3 is 0 Å². The molecule has 0 aromatic rings. The van der Waals surface area contributed by atoms with Crippen LogP contribution in [0.25, 0.3) is 0 Å². The monoisotopic (exact) mass is 1180 g/mol. The normalized spacial score (nSPS) is 56.9. The lowest BCUT2D eigenvalue weighted by Gasteiger charge is -2.58. The molecule has 82 heavy (non-hydrogen) atoms. The van der Waals surface area contributed by atoms with Gasteiger partial charge < -0.3 is 128 Å². The maximum atomic E-state index is 12.0. The molecule has 14 N–H and O–H groups in total. The highest BCUT2D eigenvalue weighted by molar-refractivity contribution is 5.26. The van der Waals surface area contributed by atoms with Crippen molar-refractivity contribution in [3.63, 3.8) is 0 Å². The Morgan fingerprint density at radius 3 is 1.77 bits per heavy atom. The van der Waals surface area contributed by atoms with Crippen molar-refractivity contribution in [1.82, 2.24) is 0 Å². The minimum absolute atomic E-state index is 0.0773. The van der Waals surface area contributed by atoms with E-state index in [1.807, 2.05) is 0 Å². The van der Waals surface area contributed by atoms with Gasteiger partial charge in [0.25, 0.3) is 0 Å². The first-order valence-corrected chi connectivity index (χ1v) is 29.8. The molecule has 7 aliphatic heterocycles. The summed E-state index contributed by atoms with van der Waals surface area (Å²) < 4.78 is 73.4. The van der Waals surface area contributed by atoms with Crippen LogP contribution in [0.1, 0.15) is 92.4 Å². The van der Waals surface area contributed by atoms with E-state index in [0.29, 0.717) is 48.3 Å². The lowest BCUT2D eigenvalue weighted by molar-refractivity contribution is -0.408. The van der Waals surface area contributed by atoms with Gasteiger partial charge in [0.1, 0.15) is 110 Å². The number of aliphatic hydroxyl groups excluding tert-OH is 14. The molecule has 0 radical (unpaired) electrons. The van der Waals surface area contributed by atoms with Crippen molar-refractivity contribution in [3.05, 3.63) is 11.6 Å². The third-order valence-corrected chi connectivity index (χ3v) is 21.5. The zero-order chi connectivity index (χ0) is 58.6. The molecule has 7 saturated heterocycles. The molecule has 0 amide bonds. The van der Waals surface area contributed by atoms with Crippen LogP contribution in [-0.2, 0) is 56.8 Å². The van der Waals surface area contributed by atoms with Crippen LogP contribution in [-0.4, -0.2) is 270 Å². The van der Waals surface area contributed by atoms with Gasteiger partial charge in [-0.1, -0.05) is 39.3 Å². The highest BCUT2D eigenvalue weighted by Gasteiger charge is 2.69. The Bertz CT molecular complexity index is 2190. The Kier molecular flexibility index (Phi) is 18.4. The smallest absolute Gasteiger partial charge is 0.187 e. The predicted molar refractivity (Wildman–Crippen MR) is 273 cm³/mol. The summed E-state index contributed by atoms with van der Waals surface area (Å²) in [7, 11) is 0. The van der Waals surface area contributed by atoms with E-state index in [4.69, 9.17) is 56.8 Å². The van der Waals surface area contributed by atoms with E-state index in [0.717, 1.165) is 51.6 Å². The van der Waals surface area contributed by atoms with E-state index in [2.05, 4.69) is 33.8 Å². The van der Waals surface area contributed by atoms with E-state index < -0.39 is 186 Å². The van der Waals surface area contributed by atoms with Gasteiger partial charge in [0.2, 0.25) is 0 Å². The van der Waals surface area contributed by atoms with E-state index in [9.17, 15) is 71.5 Å². The molecule has 1 spiro atoms. The fourth-order valence-corrected chi connectivity index (χ4v) is 16.7. The second-order valence-corrected chi connectivity index (χ2v) is 26.2. The van der Waals surface area contributed by atoms with Crippen LogP contribution in [0.5, 0.6) is 0 Å². The molecule has 26 heteroatoms. The lowest BCUT2D eigenvalue weighted by atomic mass is 9.47. The molecule has 0 aromatic heterocycles. The van der Waals surface area contributed by atoms with Crippen molar-refractivity contribution in [2.45, 2.75) is 258 Å². The van der Waals surface area contributed by atoms with Gasteiger partial charge in [-0.15, -0.1) is 0 Å².